The molecule has 2 heterocycles. The Morgan fingerprint density at radius 2 is 2.10 bits per heavy atom. The molecule has 21 heavy (non-hydrogen) atoms. The molecule has 3 rings (SSSR count). The van der Waals surface area contributed by atoms with E-state index in [1.54, 1.807) is 30.2 Å². The van der Waals surface area contributed by atoms with Crippen molar-refractivity contribution in [3.63, 3.8) is 0 Å². The Bertz CT molecular complexity index is 758. The van der Waals surface area contributed by atoms with Crippen molar-refractivity contribution in [2.45, 2.75) is 16.8 Å². The number of ether oxygens (including phenoxy) is 1. The Morgan fingerprint density at radius 3 is 2.90 bits per heavy atom. The number of hydrogen-bond donors (Lipinski definition) is 1. The van der Waals surface area contributed by atoms with Crippen LogP contribution in [0.15, 0.2) is 45.6 Å². The third-order valence-corrected chi connectivity index (χ3v) is 4.77. The van der Waals surface area contributed by atoms with E-state index in [1.807, 2.05) is 36.6 Å². The van der Waals surface area contributed by atoms with Gasteiger partial charge in [-0.25, -0.2) is 9.97 Å². The Labute approximate surface area is 131 Å². The SMILES string of the molecule is CCNc1nc(Sc2ccccc2OC)c2ccsc2n1. The fourth-order valence-electron chi connectivity index (χ4n) is 1.95. The first-order valence-electron chi connectivity index (χ1n) is 6.61. The van der Waals surface area contributed by atoms with Crippen LogP contribution in [-0.4, -0.2) is 23.6 Å². The first kappa shape index (κ1) is 14.2. The van der Waals surface area contributed by atoms with Gasteiger partial charge in [0.2, 0.25) is 5.95 Å². The molecule has 3 aromatic rings. The Balaban J connectivity index is 2.04. The number of para-hydroxylation sites is 1. The lowest BCUT2D eigenvalue weighted by molar-refractivity contribution is 0.405. The summed E-state index contributed by atoms with van der Waals surface area (Å²) in [6.07, 6.45) is 0. The summed E-state index contributed by atoms with van der Waals surface area (Å²) in [5, 5.41) is 7.25. The van der Waals surface area contributed by atoms with Gasteiger partial charge in [0.05, 0.1) is 12.0 Å². The van der Waals surface area contributed by atoms with Crippen LogP contribution in [0.5, 0.6) is 5.75 Å². The van der Waals surface area contributed by atoms with E-state index in [4.69, 9.17) is 4.74 Å². The summed E-state index contributed by atoms with van der Waals surface area (Å²) in [7, 11) is 1.68. The van der Waals surface area contributed by atoms with Crippen LogP contribution in [0.2, 0.25) is 0 Å². The molecule has 1 aromatic carbocycles. The van der Waals surface area contributed by atoms with Gasteiger partial charge in [-0.2, -0.15) is 0 Å². The van der Waals surface area contributed by atoms with Crippen LogP contribution < -0.4 is 10.1 Å². The van der Waals surface area contributed by atoms with Crippen LogP contribution in [0.4, 0.5) is 5.95 Å². The molecule has 0 atom stereocenters. The molecule has 0 fully saturated rings. The molecular formula is C15H15N3OS2. The summed E-state index contributed by atoms with van der Waals surface area (Å²) in [6.45, 7) is 2.84. The van der Waals surface area contributed by atoms with Crippen molar-refractivity contribution in [2.75, 3.05) is 19.0 Å². The third-order valence-electron chi connectivity index (χ3n) is 2.90. The average Bonchev–Trinajstić information content (AvgIpc) is 2.97. The number of nitrogens with one attached hydrogen (secondary N) is 1. The molecule has 0 aliphatic carbocycles. The van der Waals surface area contributed by atoms with Gasteiger partial charge in [-0.1, -0.05) is 23.9 Å². The van der Waals surface area contributed by atoms with E-state index in [0.29, 0.717) is 5.95 Å². The van der Waals surface area contributed by atoms with Crippen LogP contribution in [0.3, 0.4) is 0 Å². The maximum atomic E-state index is 5.41. The summed E-state index contributed by atoms with van der Waals surface area (Å²) >= 11 is 3.23. The van der Waals surface area contributed by atoms with Crippen molar-refractivity contribution in [2.24, 2.45) is 0 Å². The number of aromatic nitrogens is 2. The Morgan fingerprint density at radius 1 is 1.24 bits per heavy atom. The summed E-state index contributed by atoms with van der Waals surface area (Å²) in [5.74, 6) is 1.53. The second-order valence-corrected chi connectivity index (χ2v) is 6.20. The molecule has 0 aliphatic rings. The highest BCUT2D eigenvalue weighted by Gasteiger charge is 2.12. The first-order valence-corrected chi connectivity index (χ1v) is 8.31. The second-order valence-electron chi connectivity index (χ2n) is 4.28. The monoisotopic (exact) mass is 317 g/mol. The number of thiophene rings is 1. The zero-order chi connectivity index (χ0) is 14.7. The standard InChI is InChI=1S/C15H15N3OS2/c1-3-16-15-17-13-10(8-9-20-13)14(18-15)21-12-7-5-4-6-11(12)19-2/h4-9H,3H2,1-2H3,(H,16,17,18). The van der Waals surface area contributed by atoms with Crippen molar-refractivity contribution >= 4 is 39.3 Å². The van der Waals surface area contributed by atoms with Crippen LogP contribution in [0, 0.1) is 0 Å². The second kappa shape index (κ2) is 6.32. The highest BCUT2D eigenvalue weighted by Crippen LogP contribution is 2.38. The molecule has 6 heteroatoms. The summed E-state index contributed by atoms with van der Waals surface area (Å²) in [5.41, 5.74) is 0. The predicted molar refractivity (Wildman–Crippen MR) is 88.7 cm³/mol. The van der Waals surface area contributed by atoms with Gasteiger partial charge in [0, 0.05) is 11.9 Å². The number of anilines is 1. The van der Waals surface area contributed by atoms with Crippen molar-refractivity contribution in [1.29, 1.82) is 0 Å². The molecule has 0 radical (unpaired) electrons. The van der Waals surface area contributed by atoms with E-state index in [9.17, 15) is 0 Å². The molecule has 4 nitrogen and oxygen atoms in total. The minimum Gasteiger partial charge on any atom is -0.496 e. The molecule has 0 saturated carbocycles. The molecule has 0 spiro atoms. The molecule has 0 amide bonds. The first-order chi connectivity index (χ1) is 10.3. The fraction of sp³-hybridized carbons (Fsp3) is 0.200. The van der Waals surface area contributed by atoms with Crippen molar-refractivity contribution in [3.05, 3.63) is 35.7 Å². The van der Waals surface area contributed by atoms with Crippen LogP contribution in [0.1, 0.15) is 6.92 Å². The van der Waals surface area contributed by atoms with Crippen molar-refractivity contribution in [3.8, 4) is 5.75 Å². The zero-order valence-electron chi connectivity index (χ0n) is 11.8. The van der Waals surface area contributed by atoms with Crippen LogP contribution in [0.25, 0.3) is 10.2 Å². The van der Waals surface area contributed by atoms with E-state index < -0.39 is 0 Å². The Hall–Kier alpha value is -1.79. The molecule has 0 unspecified atom stereocenters. The third kappa shape index (κ3) is 2.96. The highest BCUT2D eigenvalue weighted by molar-refractivity contribution is 7.99. The van der Waals surface area contributed by atoms with Crippen molar-refractivity contribution in [1.82, 2.24) is 9.97 Å². The van der Waals surface area contributed by atoms with Gasteiger partial charge < -0.3 is 10.1 Å². The quantitative estimate of drug-likeness (QED) is 0.712. The van der Waals surface area contributed by atoms with Gasteiger partial charge in [0.1, 0.15) is 15.6 Å². The van der Waals surface area contributed by atoms with E-state index in [1.165, 1.54) is 0 Å². The number of hydrogen-bond acceptors (Lipinski definition) is 6. The number of methoxy groups -OCH3 is 1. The molecule has 2 aromatic heterocycles. The Kier molecular flexibility index (Phi) is 4.26. The lowest BCUT2D eigenvalue weighted by Gasteiger charge is -2.09. The number of fused-ring (bicyclic) bond motifs is 1. The van der Waals surface area contributed by atoms with E-state index >= 15 is 0 Å². The van der Waals surface area contributed by atoms with Gasteiger partial charge in [0.25, 0.3) is 0 Å². The van der Waals surface area contributed by atoms with Gasteiger partial charge in [-0.15, -0.1) is 11.3 Å². The maximum Gasteiger partial charge on any atom is 0.225 e. The zero-order valence-corrected chi connectivity index (χ0v) is 13.4. The lowest BCUT2D eigenvalue weighted by Crippen LogP contribution is -2.02. The number of benzene rings is 1. The molecule has 108 valence electrons. The minimum atomic E-state index is 0.671. The normalized spacial score (nSPS) is 10.8. The fourth-order valence-corrected chi connectivity index (χ4v) is 3.79. The van der Waals surface area contributed by atoms with Crippen LogP contribution >= 0.6 is 23.1 Å². The smallest absolute Gasteiger partial charge is 0.225 e. The average molecular weight is 317 g/mol. The summed E-state index contributed by atoms with van der Waals surface area (Å²) in [6, 6.07) is 10.0. The molecule has 1 N–H and O–H groups in total. The predicted octanol–water partition coefficient (Wildman–Crippen LogP) is 4.28. The molecule has 0 bridgehead atoms. The van der Waals surface area contributed by atoms with Crippen molar-refractivity contribution < 1.29 is 4.74 Å². The van der Waals surface area contributed by atoms with Gasteiger partial charge in [0.15, 0.2) is 0 Å². The number of nitrogens with zero attached hydrogens (tertiary/aromatic N) is 2. The molecular weight excluding hydrogens is 302 g/mol. The highest BCUT2D eigenvalue weighted by atomic mass is 32.2. The maximum absolute atomic E-state index is 5.41. The van der Waals surface area contributed by atoms with Crippen LogP contribution in [-0.2, 0) is 0 Å². The topological polar surface area (TPSA) is 47.0 Å². The minimum absolute atomic E-state index is 0.671. The van der Waals surface area contributed by atoms with E-state index in [2.05, 4.69) is 21.4 Å². The van der Waals surface area contributed by atoms with E-state index in [-0.39, 0.29) is 0 Å². The summed E-state index contributed by atoms with van der Waals surface area (Å²) in [4.78, 5) is 11.2. The van der Waals surface area contributed by atoms with Gasteiger partial charge >= 0.3 is 0 Å². The largest absolute Gasteiger partial charge is 0.496 e. The molecule has 0 aliphatic heterocycles. The van der Waals surface area contributed by atoms with Gasteiger partial charge in [-0.05, 0) is 30.5 Å². The summed E-state index contributed by atoms with van der Waals surface area (Å²) < 4.78 is 5.41. The van der Waals surface area contributed by atoms with E-state index in [0.717, 1.165) is 32.4 Å². The lowest BCUT2D eigenvalue weighted by atomic mass is 10.3. The number of rotatable bonds is 5. The molecule has 0 saturated heterocycles. The van der Waals surface area contributed by atoms with Gasteiger partial charge in [-0.3, -0.25) is 0 Å².